The fourth-order valence-corrected chi connectivity index (χ4v) is 1.60. The molecule has 1 aliphatic rings. The molecule has 0 atom stereocenters. The van der Waals surface area contributed by atoms with Gasteiger partial charge in [0.1, 0.15) is 0 Å². The zero-order valence-corrected chi connectivity index (χ0v) is 9.73. The topological polar surface area (TPSA) is 41.1 Å². The van der Waals surface area contributed by atoms with Gasteiger partial charge in [0.15, 0.2) is 11.6 Å². The molecule has 0 radical (unpaired) electrons. The average molecular weight is 240 g/mol. The van der Waals surface area contributed by atoms with Crippen LogP contribution in [0.4, 0.5) is 20.2 Å². The van der Waals surface area contributed by atoms with E-state index in [9.17, 15) is 13.6 Å². The molecule has 0 aliphatic heterocycles. The van der Waals surface area contributed by atoms with Crippen molar-refractivity contribution in [1.29, 1.82) is 0 Å². The number of benzene rings is 1. The van der Waals surface area contributed by atoms with Gasteiger partial charge in [-0.3, -0.25) is 4.79 Å². The Kier molecular flexibility index (Phi) is 3.00. The number of carbonyl (C=O) groups is 1. The molecular weight excluding hydrogens is 226 g/mol. The van der Waals surface area contributed by atoms with Crippen LogP contribution in [0.1, 0.15) is 25.3 Å². The van der Waals surface area contributed by atoms with Crippen LogP contribution in [0.15, 0.2) is 6.07 Å². The minimum absolute atomic E-state index is 0.122. The molecule has 1 aromatic carbocycles. The number of carbonyl (C=O) groups excluding carboxylic acids is 1. The molecular formula is C12H14F2N2O. The molecule has 1 aliphatic carbocycles. The Morgan fingerprint density at radius 2 is 1.94 bits per heavy atom. The summed E-state index contributed by atoms with van der Waals surface area (Å²) >= 11 is 0. The number of hydrogen-bond acceptors (Lipinski definition) is 2. The van der Waals surface area contributed by atoms with Gasteiger partial charge in [0.05, 0.1) is 5.69 Å². The fraction of sp³-hybridized carbons (Fsp3) is 0.417. The normalized spacial score (nSPS) is 14.6. The third-order valence-electron chi connectivity index (χ3n) is 2.70. The molecule has 2 rings (SSSR count). The van der Waals surface area contributed by atoms with Crippen molar-refractivity contribution in [3.63, 3.8) is 0 Å². The summed E-state index contributed by atoms with van der Waals surface area (Å²) in [6.45, 7) is 2.77. The Bertz CT molecular complexity index is 470. The van der Waals surface area contributed by atoms with E-state index in [1.807, 2.05) is 0 Å². The van der Waals surface area contributed by atoms with Gasteiger partial charge in [-0.1, -0.05) is 0 Å². The van der Waals surface area contributed by atoms with Crippen molar-refractivity contribution >= 4 is 17.3 Å². The molecule has 0 unspecified atom stereocenters. The maximum Gasteiger partial charge on any atom is 0.221 e. The molecule has 0 heterocycles. The van der Waals surface area contributed by atoms with E-state index >= 15 is 0 Å². The van der Waals surface area contributed by atoms with E-state index in [1.54, 1.807) is 0 Å². The van der Waals surface area contributed by atoms with E-state index in [0.717, 1.165) is 12.8 Å². The summed E-state index contributed by atoms with van der Waals surface area (Å²) in [5, 5.41) is 5.39. The molecule has 0 bridgehead atoms. The SMILES string of the molecule is CC(=O)Nc1cc(NC2CC2)c(C)c(F)c1F. The molecule has 1 fully saturated rings. The molecule has 0 saturated heterocycles. The second-order valence-corrected chi connectivity index (χ2v) is 4.32. The average Bonchev–Trinajstić information content (AvgIpc) is 3.05. The third-order valence-corrected chi connectivity index (χ3v) is 2.70. The zero-order valence-electron chi connectivity index (χ0n) is 9.73. The van der Waals surface area contributed by atoms with Gasteiger partial charge in [0.2, 0.25) is 5.91 Å². The van der Waals surface area contributed by atoms with Crippen LogP contribution >= 0.6 is 0 Å². The van der Waals surface area contributed by atoms with Crippen LogP contribution in [0.3, 0.4) is 0 Å². The highest BCUT2D eigenvalue weighted by Gasteiger charge is 2.24. The summed E-state index contributed by atoms with van der Waals surface area (Å²) in [5.41, 5.74) is 0.655. The lowest BCUT2D eigenvalue weighted by molar-refractivity contribution is -0.114. The van der Waals surface area contributed by atoms with Crippen LogP contribution in [0.25, 0.3) is 0 Å². The van der Waals surface area contributed by atoms with E-state index in [2.05, 4.69) is 10.6 Å². The zero-order chi connectivity index (χ0) is 12.6. The Hall–Kier alpha value is -1.65. The largest absolute Gasteiger partial charge is 0.382 e. The van der Waals surface area contributed by atoms with Crippen LogP contribution in [-0.4, -0.2) is 11.9 Å². The van der Waals surface area contributed by atoms with E-state index in [-0.39, 0.29) is 11.3 Å². The van der Waals surface area contributed by atoms with Crippen molar-refractivity contribution in [3.05, 3.63) is 23.3 Å². The van der Waals surface area contributed by atoms with Crippen molar-refractivity contribution in [2.45, 2.75) is 32.7 Å². The highest BCUT2D eigenvalue weighted by molar-refractivity contribution is 5.89. The van der Waals surface area contributed by atoms with Gasteiger partial charge in [-0.15, -0.1) is 0 Å². The van der Waals surface area contributed by atoms with E-state index in [4.69, 9.17) is 0 Å². The highest BCUT2D eigenvalue weighted by atomic mass is 19.2. The van der Waals surface area contributed by atoms with Crippen molar-refractivity contribution in [3.8, 4) is 0 Å². The Balaban J connectivity index is 2.37. The molecule has 1 amide bonds. The first kappa shape index (κ1) is 11.8. The molecule has 0 aromatic heterocycles. The lowest BCUT2D eigenvalue weighted by atomic mass is 10.1. The van der Waals surface area contributed by atoms with E-state index < -0.39 is 17.5 Å². The Labute approximate surface area is 98.2 Å². The second-order valence-electron chi connectivity index (χ2n) is 4.32. The van der Waals surface area contributed by atoms with Gasteiger partial charge in [-0.25, -0.2) is 8.78 Å². The minimum atomic E-state index is -1.01. The van der Waals surface area contributed by atoms with Gasteiger partial charge in [0, 0.05) is 24.2 Å². The molecule has 5 heteroatoms. The summed E-state index contributed by atoms with van der Waals surface area (Å²) in [5.74, 6) is -2.36. The van der Waals surface area contributed by atoms with E-state index in [0.29, 0.717) is 11.7 Å². The first-order chi connectivity index (χ1) is 7.99. The summed E-state index contributed by atoms with van der Waals surface area (Å²) in [7, 11) is 0. The predicted octanol–water partition coefficient (Wildman–Crippen LogP) is 2.81. The minimum Gasteiger partial charge on any atom is -0.382 e. The second kappa shape index (κ2) is 4.31. The molecule has 1 aromatic rings. The maximum atomic E-state index is 13.6. The van der Waals surface area contributed by atoms with Crippen molar-refractivity contribution in [2.24, 2.45) is 0 Å². The summed E-state index contributed by atoms with van der Waals surface area (Å²) in [6.07, 6.45) is 2.07. The van der Waals surface area contributed by atoms with Crippen LogP contribution in [0.5, 0.6) is 0 Å². The monoisotopic (exact) mass is 240 g/mol. The molecule has 17 heavy (non-hydrogen) atoms. The van der Waals surface area contributed by atoms with Gasteiger partial charge in [-0.2, -0.15) is 0 Å². The number of amides is 1. The molecule has 0 spiro atoms. The van der Waals surface area contributed by atoms with Crippen LogP contribution < -0.4 is 10.6 Å². The number of anilines is 2. The summed E-state index contributed by atoms with van der Waals surface area (Å²) in [6, 6.07) is 1.77. The predicted molar refractivity (Wildman–Crippen MR) is 62.0 cm³/mol. The summed E-state index contributed by atoms with van der Waals surface area (Å²) in [4.78, 5) is 10.9. The van der Waals surface area contributed by atoms with Crippen LogP contribution in [0, 0.1) is 18.6 Å². The smallest absolute Gasteiger partial charge is 0.221 e. The molecule has 1 saturated carbocycles. The fourth-order valence-electron chi connectivity index (χ4n) is 1.60. The summed E-state index contributed by atoms with van der Waals surface area (Å²) < 4.78 is 27.1. The standard InChI is InChI=1S/C12H14F2N2O/c1-6-9(16-8-3-4-8)5-10(15-7(2)17)12(14)11(6)13/h5,8,16H,3-4H2,1-2H3,(H,15,17). The number of nitrogens with one attached hydrogen (secondary N) is 2. The highest BCUT2D eigenvalue weighted by Crippen LogP contribution is 2.32. The molecule has 3 nitrogen and oxygen atoms in total. The Morgan fingerprint density at radius 3 is 2.47 bits per heavy atom. The van der Waals surface area contributed by atoms with Crippen LogP contribution in [0.2, 0.25) is 0 Å². The Morgan fingerprint density at radius 1 is 1.29 bits per heavy atom. The van der Waals surface area contributed by atoms with E-state index in [1.165, 1.54) is 19.9 Å². The van der Waals surface area contributed by atoms with Gasteiger partial charge in [-0.05, 0) is 25.8 Å². The van der Waals surface area contributed by atoms with Gasteiger partial charge in [0.25, 0.3) is 0 Å². The van der Waals surface area contributed by atoms with Crippen LogP contribution in [-0.2, 0) is 4.79 Å². The van der Waals surface area contributed by atoms with Crippen molar-refractivity contribution in [2.75, 3.05) is 10.6 Å². The van der Waals surface area contributed by atoms with Gasteiger partial charge >= 0.3 is 0 Å². The van der Waals surface area contributed by atoms with Crippen molar-refractivity contribution < 1.29 is 13.6 Å². The lowest BCUT2D eigenvalue weighted by Gasteiger charge is -2.13. The maximum absolute atomic E-state index is 13.6. The molecule has 92 valence electrons. The first-order valence-corrected chi connectivity index (χ1v) is 5.51. The quantitative estimate of drug-likeness (QED) is 0.853. The third kappa shape index (κ3) is 2.54. The number of rotatable bonds is 3. The number of hydrogen-bond donors (Lipinski definition) is 2. The number of halogens is 2. The van der Waals surface area contributed by atoms with Crippen molar-refractivity contribution in [1.82, 2.24) is 0 Å². The lowest BCUT2D eigenvalue weighted by Crippen LogP contribution is -2.11. The molecule has 2 N–H and O–H groups in total. The van der Waals surface area contributed by atoms with Gasteiger partial charge < -0.3 is 10.6 Å². The first-order valence-electron chi connectivity index (χ1n) is 5.51.